The molecule has 0 bridgehead atoms. The van der Waals surface area contributed by atoms with Gasteiger partial charge in [0.2, 0.25) is 5.96 Å². The number of benzene rings is 1. The number of guanidine groups is 1. The van der Waals surface area contributed by atoms with Gasteiger partial charge in [-0.05, 0) is 44.1 Å². The molecule has 3 aliphatic rings. The highest BCUT2D eigenvalue weighted by Crippen LogP contribution is 2.38. The van der Waals surface area contributed by atoms with E-state index >= 15 is 0 Å². The first-order valence-electron chi connectivity index (χ1n) is 11.9. The average Bonchev–Trinajstić information content (AvgIpc) is 3.59. The van der Waals surface area contributed by atoms with E-state index in [1.807, 2.05) is 6.07 Å². The zero-order valence-electron chi connectivity index (χ0n) is 18.7. The Kier molecular flexibility index (Phi) is 5.93. The van der Waals surface area contributed by atoms with Crippen LogP contribution >= 0.6 is 0 Å². The van der Waals surface area contributed by atoms with Gasteiger partial charge in [0.25, 0.3) is 0 Å². The molecule has 5 rings (SSSR count). The van der Waals surface area contributed by atoms with Crippen molar-refractivity contribution in [2.45, 2.75) is 76.4 Å². The summed E-state index contributed by atoms with van der Waals surface area (Å²) >= 11 is 0. The van der Waals surface area contributed by atoms with E-state index in [-0.39, 0.29) is 23.3 Å². The quantitative estimate of drug-likeness (QED) is 0.551. The number of rotatable bonds is 5. The van der Waals surface area contributed by atoms with Gasteiger partial charge in [0.1, 0.15) is 5.82 Å². The molecule has 5 nitrogen and oxygen atoms in total. The Labute approximate surface area is 191 Å². The highest BCUT2D eigenvalue weighted by molar-refractivity contribution is 6.11. The zero-order valence-corrected chi connectivity index (χ0v) is 18.7. The third-order valence-electron chi connectivity index (χ3n) is 6.72. The number of alkyl halides is 3. The summed E-state index contributed by atoms with van der Waals surface area (Å²) in [5.74, 6) is 1.76. The molecule has 1 aromatic carbocycles. The van der Waals surface area contributed by atoms with Crippen molar-refractivity contribution in [1.29, 1.82) is 0 Å². The van der Waals surface area contributed by atoms with Crippen LogP contribution in [0.15, 0.2) is 40.3 Å². The van der Waals surface area contributed by atoms with Crippen molar-refractivity contribution < 1.29 is 13.2 Å². The summed E-state index contributed by atoms with van der Waals surface area (Å²) in [4.78, 5) is 18.6. The predicted molar refractivity (Wildman–Crippen MR) is 124 cm³/mol. The van der Waals surface area contributed by atoms with Crippen LogP contribution in [0.3, 0.4) is 0 Å². The number of aliphatic imine (C=N–C) groups is 2. The van der Waals surface area contributed by atoms with Crippen LogP contribution < -0.4 is 5.32 Å². The lowest BCUT2D eigenvalue weighted by molar-refractivity contribution is -0.137. The maximum absolute atomic E-state index is 13.7. The second-order valence-corrected chi connectivity index (χ2v) is 9.19. The summed E-state index contributed by atoms with van der Waals surface area (Å²) in [5, 5.41) is 3.20. The van der Waals surface area contributed by atoms with E-state index in [2.05, 4.69) is 22.2 Å². The second-order valence-electron chi connectivity index (χ2n) is 9.19. The molecule has 1 aliphatic heterocycles. The topological polar surface area (TPSA) is 62.5 Å². The number of aromatic nitrogens is 2. The summed E-state index contributed by atoms with van der Waals surface area (Å²) in [6, 6.07) is 7.44. The largest absolute Gasteiger partial charge is 0.417 e. The first kappa shape index (κ1) is 22.0. The van der Waals surface area contributed by atoms with Crippen LogP contribution in [-0.4, -0.2) is 27.7 Å². The molecule has 0 radical (unpaired) electrons. The van der Waals surface area contributed by atoms with E-state index in [9.17, 15) is 13.2 Å². The van der Waals surface area contributed by atoms with Gasteiger partial charge < -0.3 is 5.32 Å². The van der Waals surface area contributed by atoms with Crippen LogP contribution in [0, 0.1) is 5.92 Å². The Hall–Kier alpha value is -2.77. The summed E-state index contributed by atoms with van der Waals surface area (Å²) < 4.78 is 41.1. The minimum absolute atomic E-state index is 0.00678. The molecular weight excluding hydrogens is 427 g/mol. The lowest BCUT2D eigenvalue weighted by Crippen LogP contribution is -2.15. The van der Waals surface area contributed by atoms with E-state index < -0.39 is 11.7 Å². The van der Waals surface area contributed by atoms with E-state index in [1.165, 1.54) is 18.6 Å². The fraction of sp³-hybridized carbons (Fsp3) is 0.520. The van der Waals surface area contributed by atoms with Crippen molar-refractivity contribution in [2.75, 3.05) is 5.32 Å². The van der Waals surface area contributed by atoms with Gasteiger partial charge in [-0.1, -0.05) is 44.4 Å². The normalized spacial score (nSPS) is 21.6. The lowest BCUT2D eigenvalue weighted by atomic mass is 9.86. The Morgan fingerprint density at radius 1 is 0.970 bits per heavy atom. The number of nitrogens with zero attached hydrogens (tertiary/aromatic N) is 4. The molecule has 2 fully saturated rings. The van der Waals surface area contributed by atoms with Gasteiger partial charge in [0, 0.05) is 29.0 Å². The minimum Gasteiger partial charge on any atom is -0.309 e. The molecule has 0 amide bonds. The van der Waals surface area contributed by atoms with Crippen LogP contribution in [0.5, 0.6) is 0 Å². The van der Waals surface area contributed by atoms with E-state index in [1.54, 1.807) is 6.07 Å². The molecule has 2 aromatic rings. The fourth-order valence-electron chi connectivity index (χ4n) is 4.84. The molecule has 8 heteroatoms. The highest BCUT2D eigenvalue weighted by atomic mass is 19.4. The van der Waals surface area contributed by atoms with Crippen molar-refractivity contribution in [3.05, 3.63) is 41.6 Å². The van der Waals surface area contributed by atoms with E-state index in [0.717, 1.165) is 62.4 Å². The Morgan fingerprint density at radius 3 is 2.42 bits per heavy atom. The number of hydrogen-bond acceptors (Lipinski definition) is 5. The van der Waals surface area contributed by atoms with Gasteiger partial charge in [-0.2, -0.15) is 13.2 Å². The van der Waals surface area contributed by atoms with Crippen molar-refractivity contribution in [2.24, 2.45) is 15.9 Å². The van der Waals surface area contributed by atoms with Gasteiger partial charge in [-0.3, -0.25) is 0 Å². The standard InChI is InChI=1S/C25H28F3N5/c1-2-19-22(16-12-13-16)33-24(30-19)32-21-14-20(15-8-4-3-5-9-15)29-23(31-21)17-10-6-7-11-18(17)25(26,27)28/h6-7,10-11,14-16,19H,2-5,8-9,12-13H2,1H3,(H,29,30,31,32). The highest BCUT2D eigenvalue weighted by Gasteiger charge is 2.36. The van der Waals surface area contributed by atoms with Gasteiger partial charge >= 0.3 is 6.18 Å². The fourth-order valence-corrected chi connectivity index (χ4v) is 4.84. The van der Waals surface area contributed by atoms with Gasteiger partial charge in [-0.25, -0.2) is 20.0 Å². The number of anilines is 1. The van der Waals surface area contributed by atoms with Crippen molar-refractivity contribution in [3.8, 4) is 11.4 Å². The molecular formula is C25H28F3N5. The number of halogens is 3. The predicted octanol–water partition coefficient (Wildman–Crippen LogP) is 6.62. The molecule has 2 aliphatic carbocycles. The monoisotopic (exact) mass is 455 g/mol. The Balaban J connectivity index is 1.53. The van der Waals surface area contributed by atoms with Gasteiger partial charge in [-0.15, -0.1) is 0 Å². The van der Waals surface area contributed by atoms with Crippen molar-refractivity contribution in [1.82, 2.24) is 9.97 Å². The summed E-state index contributed by atoms with van der Waals surface area (Å²) in [7, 11) is 0. The third kappa shape index (κ3) is 4.80. The molecule has 0 spiro atoms. The molecule has 1 atom stereocenters. The van der Waals surface area contributed by atoms with E-state index in [0.29, 0.717) is 17.7 Å². The second kappa shape index (κ2) is 8.88. The van der Waals surface area contributed by atoms with Crippen molar-refractivity contribution in [3.63, 3.8) is 0 Å². The first-order valence-corrected chi connectivity index (χ1v) is 11.9. The number of nitrogens with one attached hydrogen (secondary N) is 1. The van der Waals surface area contributed by atoms with Gasteiger partial charge in [0.15, 0.2) is 5.82 Å². The van der Waals surface area contributed by atoms with Crippen molar-refractivity contribution >= 4 is 17.5 Å². The number of hydrogen-bond donors (Lipinski definition) is 1. The van der Waals surface area contributed by atoms with Gasteiger partial charge in [0.05, 0.1) is 11.6 Å². The molecule has 174 valence electrons. The summed E-state index contributed by atoms with van der Waals surface area (Å²) in [5.41, 5.74) is 1.17. The zero-order chi connectivity index (χ0) is 23.0. The Bertz CT molecular complexity index is 1080. The van der Waals surface area contributed by atoms with Crippen LogP contribution in [0.2, 0.25) is 0 Å². The summed E-state index contributed by atoms with van der Waals surface area (Å²) in [6.07, 6.45) is 4.05. The molecule has 1 unspecified atom stereocenters. The molecule has 2 heterocycles. The maximum atomic E-state index is 13.7. The molecule has 2 saturated carbocycles. The lowest BCUT2D eigenvalue weighted by Gasteiger charge is -2.22. The smallest absolute Gasteiger partial charge is 0.309 e. The van der Waals surface area contributed by atoms with Crippen LogP contribution in [0.1, 0.15) is 75.5 Å². The van der Waals surface area contributed by atoms with Crippen LogP contribution in [-0.2, 0) is 6.18 Å². The summed E-state index contributed by atoms with van der Waals surface area (Å²) in [6.45, 7) is 2.09. The molecule has 1 N–H and O–H groups in total. The molecule has 33 heavy (non-hydrogen) atoms. The maximum Gasteiger partial charge on any atom is 0.417 e. The van der Waals surface area contributed by atoms with E-state index in [4.69, 9.17) is 9.98 Å². The van der Waals surface area contributed by atoms with Crippen LogP contribution in [0.25, 0.3) is 11.4 Å². The van der Waals surface area contributed by atoms with Crippen LogP contribution in [0.4, 0.5) is 19.0 Å². The average molecular weight is 456 g/mol. The molecule has 0 saturated heterocycles. The third-order valence-corrected chi connectivity index (χ3v) is 6.72. The minimum atomic E-state index is -4.48. The Morgan fingerprint density at radius 2 is 1.73 bits per heavy atom. The SMILES string of the molecule is CCC1N=C(Nc2cc(C3CCCCC3)nc(-c3ccccc3C(F)(F)F)n2)N=C1C1CC1. The first-order chi connectivity index (χ1) is 15.9. The molecule has 1 aromatic heterocycles.